The zero-order chi connectivity index (χ0) is 15.4. The fourth-order valence-corrected chi connectivity index (χ4v) is 2.27. The van der Waals surface area contributed by atoms with Gasteiger partial charge in [-0.3, -0.25) is 14.8 Å². The molecule has 22 heavy (non-hydrogen) atoms. The van der Waals surface area contributed by atoms with Gasteiger partial charge in [-0.25, -0.2) is 0 Å². The Morgan fingerprint density at radius 3 is 2.68 bits per heavy atom. The zero-order valence-electron chi connectivity index (χ0n) is 12.1. The van der Waals surface area contributed by atoms with Gasteiger partial charge in [-0.15, -0.1) is 0 Å². The number of benzene rings is 2. The quantitative estimate of drug-likeness (QED) is 0.803. The van der Waals surface area contributed by atoms with Crippen LogP contribution in [-0.4, -0.2) is 23.0 Å². The van der Waals surface area contributed by atoms with Crippen LogP contribution in [0.4, 0.5) is 5.69 Å². The third-order valence-corrected chi connectivity index (χ3v) is 3.30. The Morgan fingerprint density at radius 2 is 1.86 bits per heavy atom. The van der Waals surface area contributed by atoms with Crippen molar-refractivity contribution in [2.75, 3.05) is 12.4 Å². The van der Waals surface area contributed by atoms with Gasteiger partial charge in [0.25, 0.3) is 0 Å². The first-order valence-corrected chi connectivity index (χ1v) is 6.89. The highest BCUT2D eigenvalue weighted by Gasteiger charge is 2.09. The number of hydrogen-bond acceptors (Lipinski definition) is 4. The van der Waals surface area contributed by atoms with Gasteiger partial charge in [-0.2, -0.15) is 0 Å². The van der Waals surface area contributed by atoms with Gasteiger partial charge in [0.2, 0.25) is 5.91 Å². The van der Waals surface area contributed by atoms with Gasteiger partial charge < -0.3 is 10.1 Å². The zero-order valence-corrected chi connectivity index (χ0v) is 12.1. The molecule has 1 N–H and O–H groups in total. The number of nitrogens with zero attached hydrogens (tertiary/aromatic N) is 2. The summed E-state index contributed by atoms with van der Waals surface area (Å²) in [5.74, 6) is 0.606. The molecular formula is C17H15N3O2. The molecule has 0 bridgehead atoms. The topological polar surface area (TPSA) is 64.1 Å². The molecule has 2 aromatic carbocycles. The van der Waals surface area contributed by atoms with Crippen molar-refractivity contribution in [3.63, 3.8) is 0 Å². The van der Waals surface area contributed by atoms with Crippen LogP contribution < -0.4 is 10.1 Å². The van der Waals surface area contributed by atoms with E-state index < -0.39 is 0 Å². The summed E-state index contributed by atoms with van der Waals surface area (Å²) in [6.07, 6.45) is 3.52. The van der Waals surface area contributed by atoms with Crippen LogP contribution in [0.1, 0.15) is 5.56 Å². The highest BCUT2D eigenvalue weighted by atomic mass is 16.5. The van der Waals surface area contributed by atoms with Gasteiger partial charge in [0.15, 0.2) is 0 Å². The fraction of sp³-hybridized carbons (Fsp3) is 0.118. The number of methoxy groups -OCH3 is 1. The van der Waals surface area contributed by atoms with Gasteiger partial charge >= 0.3 is 0 Å². The number of ether oxygens (including phenoxy) is 1. The molecule has 0 unspecified atom stereocenters. The number of hydrogen-bond donors (Lipinski definition) is 1. The monoisotopic (exact) mass is 293 g/mol. The Labute approximate surface area is 128 Å². The van der Waals surface area contributed by atoms with Crippen molar-refractivity contribution in [2.45, 2.75) is 6.42 Å². The lowest BCUT2D eigenvalue weighted by Gasteiger charge is -2.09. The molecule has 5 heteroatoms. The van der Waals surface area contributed by atoms with E-state index in [1.165, 1.54) is 0 Å². The molecule has 1 aromatic heterocycles. The minimum Gasteiger partial charge on any atom is -0.496 e. The molecule has 0 saturated carbocycles. The normalized spacial score (nSPS) is 10.4. The van der Waals surface area contributed by atoms with Crippen molar-refractivity contribution in [3.05, 3.63) is 60.4 Å². The number of nitrogens with one attached hydrogen (secondary N) is 1. The molecule has 0 aliphatic rings. The van der Waals surface area contributed by atoms with Gasteiger partial charge in [0.1, 0.15) is 5.75 Å². The predicted octanol–water partition coefficient (Wildman–Crippen LogP) is 2.82. The number of anilines is 1. The molecule has 0 aliphatic heterocycles. The molecule has 0 fully saturated rings. The van der Waals surface area contributed by atoms with Crippen LogP contribution in [0, 0.1) is 0 Å². The molecule has 3 aromatic rings. The first-order chi connectivity index (χ1) is 10.8. The van der Waals surface area contributed by atoms with Crippen LogP contribution in [0.5, 0.6) is 5.75 Å². The molecule has 3 rings (SSSR count). The van der Waals surface area contributed by atoms with Crippen molar-refractivity contribution < 1.29 is 9.53 Å². The SMILES string of the molecule is COc1ccccc1CC(=O)Nc1ccc2nccnc2c1. The second-order valence-electron chi connectivity index (χ2n) is 4.80. The second kappa shape index (κ2) is 6.22. The largest absolute Gasteiger partial charge is 0.496 e. The molecule has 110 valence electrons. The Hall–Kier alpha value is -2.95. The van der Waals surface area contributed by atoms with Gasteiger partial charge in [-0.05, 0) is 24.3 Å². The summed E-state index contributed by atoms with van der Waals surface area (Å²) in [4.78, 5) is 20.6. The van der Waals surface area contributed by atoms with E-state index in [0.29, 0.717) is 11.4 Å². The number of aromatic nitrogens is 2. The molecule has 0 radical (unpaired) electrons. The summed E-state index contributed by atoms with van der Waals surface area (Å²) < 4.78 is 5.26. The Bertz CT molecular complexity index is 818. The van der Waals surface area contributed by atoms with Crippen LogP contribution in [0.25, 0.3) is 11.0 Å². The Morgan fingerprint density at radius 1 is 1.09 bits per heavy atom. The summed E-state index contributed by atoms with van der Waals surface area (Å²) in [5.41, 5.74) is 3.10. The van der Waals surface area contributed by atoms with E-state index in [0.717, 1.165) is 16.6 Å². The van der Waals surface area contributed by atoms with E-state index in [4.69, 9.17) is 4.74 Å². The van der Waals surface area contributed by atoms with Crippen LogP contribution in [-0.2, 0) is 11.2 Å². The Balaban J connectivity index is 1.75. The van der Waals surface area contributed by atoms with Crippen molar-refractivity contribution in [1.82, 2.24) is 9.97 Å². The van der Waals surface area contributed by atoms with Crippen LogP contribution in [0.3, 0.4) is 0 Å². The maximum atomic E-state index is 12.2. The van der Waals surface area contributed by atoms with Crippen molar-refractivity contribution in [2.24, 2.45) is 0 Å². The summed E-state index contributed by atoms with van der Waals surface area (Å²) in [5, 5.41) is 2.87. The number of rotatable bonds is 4. The lowest BCUT2D eigenvalue weighted by atomic mass is 10.1. The third-order valence-electron chi connectivity index (χ3n) is 3.30. The highest BCUT2D eigenvalue weighted by Crippen LogP contribution is 2.19. The summed E-state index contributed by atoms with van der Waals surface area (Å²) >= 11 is 0. The van der Waals surface area contributed by atoms with E-state index in [2.05, 4.69) is 15.3 Å². The Kier molecular flexibility index (Phi) is 3.96. The first-order valence-electron chi connectivity index (χ1n) is 6.89. The van der Waals surface area contributed by atoms with E-state index in [1.807, 2.05) is 42.5 Å². The molecule has 5 nitrogen and oxygen atoms in total. The van der Waals surface area contributed by atoms with Crippen molar-refractivity contribution >= 4 is 22.6 Å². The van der Waals surface area contributed by atoms with Gasteiger partial charge in [0, 0.05) is 23.6 Å². The van der Waals surface area contributed by atoms with E-state index in [-0.39, 0.29) is 12.3 Å². The molecule has 0 spiro atoms. The number of carbonyl (C=O) groups excluding carboxylic acids is 1. The highest BCUT2D eigenvalue weighted by molar-refractivity contribution is 5.94. The average molecular weight is 293 g/mol. The maximum Gasteiger partial charge on any atom is 0.228 e. The van der Waals surface area contributed by atoms with E-state index in [1.54, 1.807) is 19.5 Å². The number of fused-ring (bicyclic) bond motifs is 1. The molecular weight excluding hydrogens is 278 g/mol. The van der Waals surface area contributed by atoms with Crippen LogP contribution in [0.2, 0.25) is 0 Å². The average Bonchev–Trinajstić information content (AvgIpc) is 2.55. The minimum atomic E-state index is -0.104. The molecule has 0 saturated heterocycles. The lowest BCUT2D eigenvalue weighted by Crippen LogP contribution is -2.14. The predicted molar refractivity (Wildman–Crippen MR) is 84.9 cm³/mol. The van der Waals surface area contributed by atoms with Crippen molar-refractivity contribution in [1.29, 1.82) is 0 Å². The maximum absolute atomic E-state index is 12.2. The van der Waals surface area contributed by atoms with Crippen molar-refractivity contribution in [3.8, 4) is 5.75 Å². The number of amides is 1. The third kappa shape index (κ3) is 3.03. The summed E-state index contributed by atoms with van der Waals surface area (Å²) in [7, 11) is 1.60. The first kappa shape index (κ1) is 14.0. The fourth-order valence-electron chi connectivity index (χ4n) is 2.27. The van der Waals surface area contributed by atoms with E-state index in [9.17, 15) is 4.79 Å². The smallest absolute Gasteiger partial charge is 0.228 e. The summed E-state index contributed by atoms with van der Waals surface area (Å²) in [6, 6.07) is 12.9. The molecule has 0 aliphatic carbocycles. The molecule has 0 atom stereocenters. The van der Waals surface area contributed by atoms with Crippen LogP contribution in [0.15, 0.2) is 54.9 Å². The van der Waals surface area contributed by atoms with Crippen LogP contribution >= 0.6 is 0 Å². The number of para-hydroxylation sites is 1. The second-order valence-corrected chi connectivity index (χ2v) is 4.80. The van der Waals surface area contributed by atoms with Gasteiger partial charge in [-0.1, -0.05) is 18.2 Å². The number of carbonyl (C=O) groups is 1. The molecule has 1 amide bonds. The summed E-state index contributed by atoms with van der Waals surface area (Å²) in [6.45, 7) is 0. The lowest BCUT2D eigenvalue weighted by molar-refractivity contribution is -0.115. The van der Waals surface area contributed by atoms with E-state index >= 15 is 0 Å². The minimum absolute atomic E-state index is 0.104. The molecule has 1 heterocycles. The van der Waals surface area contributed by atoms with Gasteiger partial charge in [0.05, 0.1) is 24.6 Å². The standard InChI is InChI=1S/C17H15N3O2/c1-22-16-5-3-2-4-12(16)10-17(21)20-13-6-7-14-15(11-13)19-9-8-18-14/h2-9,11H,10H2,1H3,(H,20,21).